The van der Waals surface area contributed by atoms with E-state index in [0.29, 0.717) is 15.1 Å². The molecule has 1 atom stereocenters. The zero-order valence-electron chi connectivity index (χ0n) is 10.2. The Hall–Kier alpha value is -0.450. The van der Waals surface area contributed by atoms with E-state index in [1.807, 2.05) is 0 Å². The molecule has 0 heterocycles. The first-order valence-electron chi connectivity index (χ1n) is 5.64. The first-order chi connectivity index (χ1) is 9.90. The summed E-state index contributed by atoms with van der Waals surface area (Å²) in [6, 6.07) is 9.49. The SMILES string of the molecule is O=C(c1ccc(Cl)cc1Cl)C(Br)Oc1c(Cl)cccc1Cl. The number of hydrogen-bond acceptors (Lipinski definition) is 2. The van der Waals surface area contributed by atoms with Crippen LogP contribution in [0, 0.1) is 0 Å². The van der Waals surface area contributed by atoms with E-state index in [-0.39, 0.29) is 22.1 Å². The van der Waals surface area contributed by atoms with Gasteiger partial charge in [-0.3, -0.25) is 4.79 Å². The zero-order chi connectivity index (χ0) is 15.6. The average Bonchev–Trinajstić information content (AvgIpc) is 2.42. The molecule has 0 saturated carbocycles. The molecule has 2 aromatic carbocycles. The lowest BCUT2D eigenvalue weighted by atomic mass is 10.1. The van der Waals surface area contributed by atoms with Crippen molar-refractivity contribution in [3.05, 3.63) is 62.1 Å². The molecule has 0 fully saturated rings. The van der Waals surface area contributed by atoms with Gasteiger partial charge in [0.2, 0.25) is 10.8 Å². The number of para-hydroxylation sites is 1. The summed E-state index contributed by atoms with van der Waals surface area (Å²) in [5.41, 5.74) is 0.283. The summed E-state index contributed by atoms with van der Waals surface area (Å²) >= 11 is 26.9. The largest absolute Gasteiger partial charge is 0.468 e. The molecule has 2 rings (SSSR count). The van der Waals surface area contributed by atoms with Gasteiger partial charge in [0.15, 0.2) is 5.75 Å². The van der Waals surface area contributed by atoms with Crippen LogP contribution in [0.1, 0.15) is 10.4 Å². The van der Waals surface area contributed by atoms with Crippen LogP contribution in [0.5, 0.6) is 5.75 Å². The van der Waals surface area contributed by atoms with Crippen molar-refractivity contribution in [3.8, 4) is 5.75 Å². The minimum atomic E-state index is -0.978. The number of rotatable bonds is 4. The molecule has 2 nitrogen and oxygen atoms in total. The first kappa shape index (κ1) is 16.9. The third kappa shape index (κ3) is 4.05. The number of ether oxygens (including phenoxy) is 1. The molecule has 21 heavy (non-hydrogen) atoms. The minimum absolute atomic E-state index is 0.223. The third-order valence-electron chi connectivity index (χ3n) is 2.54. The Labute approximate surface area is 150 Å². The zero-order valence-corrected chi connectivity index (χ0v) is 14.9. The van der Waals surface area contributed by atoms with Crippen molar-refractivity contribution in [2.24, 2.45) is 0 Å². The fraction of sp³-hybridized carbons (Fsp3) is 0.0714. The summed E-state index contributed by atoms with van der Waals surface area (Å²) in [7, 11) is 0. The van der Waals surface area contributed by atoms with Crippen molar-refractivity contribution < 1.29 is 9.53 Å². The van der Waals surface area contributed by atoms with Gasteiger partial charge in [0.05, 0.1) is 15.1 Å². The highest BCUT2D eigenvalue weighted by Gasteiger charge is 2.23. The van der Waals surface area contributed by atoms with Crippen LogP contribution in [0.4, 0.5) is 0 Å². The maximum atomic E-state index is 12.3. The van der Waals surface area contributed by atoms with Crippen LogP contribution < -0.4 is 4.74 Å². The second kappa shape index (κ2) is 7.21. The standard InChI is InChI=1S/C14H7BrCl4O2/c15-14(21-13-9(17)2-1-3-10(13)18)12(20)8-5-4-7(16)6-11(8)19/h1-6,14H. The van der Waals surface area contributed by atoms with Crippen LogP contribution in [-0.2, 0) is 0 Å². The predicted octanol–water partition coefficient (Wildman–Crippen LogP) is 6.28. The van der Waals surface area contributed by atoms with Crippen molar-refractivity contribution in [2.45, 2.75) is 5.01 Å². The molecule has 0 aliphatic rings. The molecule has 0 aliphatic carbocycles. The Kier molecular flexibility index (Phi) is 5.81. The molecule has 110 valence electrons. The Morgan fingerprint density at radius 2 is 1.62 bits per heavy atom. The molecule has 1 unspecified atom stereocenters. The number of ketones is 1. The number of carbonyl (C=O) groups is 1. The van der Waals surface area contributed by atoms with E-state index in [2.05, 4.69) is 15.9 Å². The molecule has 0 aromatic heterocycles. The third-order valence-corrected chi connectivity index (χ3v) is 4.29. The normalized spacial score (nSPS) is 12.0. The van der Waals surface area contributed by atoms with E-state index in [9.17, 15) is 4.79 Å². The molecule has 0 amide bonds. The summed E-state index contributed by atoms with van der Waals surface area (Å²) in [6.45, 7) is 0. The molecule has 0 N–H and O–H groups in total. The molecular weight excluding hydrogens is 422 g/mol. The van der Waals surface area contributed by atoms with Gasteiger partial charge >= 0.3 is 0 Å². The second-order valence-electron chi connectivity index (χ2n) is 3.97. The van der Waals surface area contributed by atoms with Gasteiger partial charge in [0, 0.05) is 10.6 Å². The minimum Gasteiger partial charge on any atom is -0.468 e. The summed E-state index contributed by atoms with van der Waals surface area (Å²) in [5, 5.41) is 0.320. The van der Waals surface area contributed by atoms with E-state index in [1.54, 1.807) is 24.3 Å². The van der Waals surface area contributed by atoms with Crippen LogP contribution >= 0.6 is 62.3 Å². The average molecular weight is 429 g/mol. The first-order valence-corrected chi connectivity index (χ1v) is 8.07. The van der Waals surface area contributed by atoms with Gasteiger partial charge < -0.3 is 4.74 Å². The highest BCUT2D eigenvalue weighted by atomic mass is 79.9. The van der Waals surface area contributed by atoms with E-state index in [0.717, 1.165) is 0 Å². The van der Waals surface area contributed by atoms with Gasteiger partial charge in [-0.05, 0) is 46.3 Å². The summed E-state index contributed by atoms with van der Waals surface area (Å²) < 4.78 is 5.49. The van der Waals surface area contributed by atoms with Crippen LogP contribution in [-0.4, -0.2) is 10.8 Å². The van der Waals surface area contributed by atoms with Crippen LogP contribution in [0.3, 0.4) is 0 Å². The smallest absolute Gasteiger partial charge is 0.215 e. The van der Waals surface area contributed by atoms with Crippen LogP contribution in [0.15, 0.2) is 36.4 Å². The fourth-order valence-corrected chi connectivity index (χ4v) is 2.99. The summed E-state index contributed by atoms with van der Waals surface area (Å²) in [5.74, 6) is -0.145. The van der Waals surface area contributed by atoms with E-state index >= 15 is 0 Å². The lowest BCUT2D eigenvalue weighted by Gasteiger charge is -2.15. The van der Waals surface area contributed by atoms with Gasteiger partial charge in [-0.15, -0.1) is 0 Å². The van der Waals surface area contributed by atoms with Gasteiger partial charge in [-0.25, -0.2) is 0 Å². The molecular formula is C14H7BrCl4O2. The van der Waals surface area contributed by atoms with Crippen molar-refractivity contribution in [2.75, 3.05) is 0 Å². The number of halogens is 5. The van der Waals surface area contributed by atoms with Crippen LogP contribution in [0.25, 0.3) is 0 Å². The van der Waals surface area contributed by atoms with Gasteiger partial charge in [0.25, 0.3) is 0 Å². The van der Waals surface area contributed by atoms with E-state index in [1.165, 1.54) is 12.1 Å². The maximum Gasteiger partial charge on any atom is 0.215 e. The molecule has 0 radical (unpaired) electrons. The summed E-state index contributed by atoms with van der Waals surface area (Å²) in [6.07, 6.45) is 0. The second-order valence-corrected chi connectivity index (χ2v) is 6.46. The molecule has 0 bridgehead atoms. The monoisotopic (exact) mass is 426 g/mol. The van der Waals surface area contributed by atoms with E-state index in [4.69, 9.17) is 51.1 Å². The molecule has 0 saturated heterocycles. The molecule has 2 aromatic rings. The van der Waals surface area contributed by atoms with Crippen molar-refractivity contribution in [1.29, 1.82) is 0 Å². The van der Waals surface area contributed by atoms with Crippen LogP contribution in [0.2, 0.25) is 20.1 Å². The van der Waals surface area contributed by atoms with Gasteiger partial charge in [-0.2, -0.15) is 0 Å². The maximum absolute atomic E-state index is 12.3. The predicted molar refractivity (Wildman–Crippen MR) is 90.6 cm³/mol. The van der Waals surface area contributed by atoms with Gasteiger partial charge in [-0.1, -0.05) is 52.5 Å². The number of carbonyl (C=O) groups excluding carboxylic acids is 1. The lowest BCUT2D eigenvalue weighted by Crippen LogP contribution is -2.21. The summed E-state index contributed by atoms with van der Waals surface area (Å²) in [4.78, 5) is 12.3. The topological polar surface area (TPSA) is 26.3 Å². The van der Waals surface area contributed by atoms with Crippen molar-refractivity contribution >= 4 is 68.1 Å². The molecule has 7 heteroatoms. The Morgan fingerprint density at radius 3 is 2.19 bits per heavy atom. The highest BCUT2D eigenvalue weighted by molar-refractivity contribution is 9.09. The fourth-order valence-electron chi connectivity index (χ4n) is 1.56. The lowest BCUT2D eigenvalue weighted by molar-refractivity contribution is 0.0898. The number of hydrogen-bond donors (Lipinski definition) is 0. The Balaban J connectivity index is 2.24. The quantitative estimate of drug-likeness (QED) is 0.423. The highest BCUT2D eigenvalue weighted by Crippen LogP contribution is 2.34. The van der Waals surface area contributed by atoms with E-state index < -0.39 is 5.01 Å². The van der Waals surface area contributed by atoms with Gasteiger partial charge in [0.1, 0.15) is 0 Å². The number of Topliss-reactive ketones (excluding diaryl/α,β-unsaturated/α-hetero) is 1. The number of benzene rings is 2. The Morgan fingerprint density at radius 1 is 1.00 bits per heavy atom. The van der Waals surface area contributed by atoms with Crippen molar-refractivity contribution in [3.63, 3.8) is 0 Å². The Bertz CT molecular complexity index is 670. The molecule has 0 aliphatic heterocycles. The van der Waals surface area contributed by atoms with Crippen molar-refractivity contribution in [1.82, 2.24) is 0 Å². The number of alkyl halides is 1. The molecule has 0 spiro atoms.